The molecule has 1 aliphatic rings. The van der Waals surface area contributed by atoms with Crippen LogP contribution in [0.5, 0.6) is 0 Å². The SMILES string of the molecule is O=C(c1ccnc2ccnn12)N1CCCCC1. The summed E-state index contributed by atoms with van der Waals surface area (Å²) in [5, 5.41) is 4.14. The molecule has 5 heteroatoms. The molecule has 1 aliphatic heterocycles. The molecule has 1 saturated heterocycles. The Bertz CT molecular complexity index is 542. The Labute approximate surface area is 99.1 Å². The van der Waals surface area contributed by atoms with Crippen molar-refractivity contribution in [3.05, 3.63) is 30.2 Å². The lowest BCUT2D eigenvalue weighted by atomic mass is 10.1. The number of fused-ring (bicyclic) bond motifs is 1. The number of rotatable bonds is 1. The first kappa shape index (κ1) is 10.3. The predicted molar refractivity (Wildman–Crippen MR) is 62.7 cm³/mol. The monoisotopic (exact) mass is 230 g/mol. The molecule has 3 rings (SSSR count). The first-order valence-electron chi connectivity index (χ1n) is 5.94. The average molecular weight is 230 g/mol. The highest BCUT2D eigenvalue weighted by molar-refractivity contribution is 5.93. The molecule has 0 N–H and O–H groups in total. The van der Waals surface area contributed by atoms with Crippen molar-refractivity contribution in [2.75, 3.05) is 13.1 Å². The van der Waals surface area contributed by atoms with Crippen LogP contribution < -0.4 is 0 Å². The molecule has 0 unspecified atom stereocenters. The summed E-state index contributed by atoms with van der Waals surface area (Å²) in [5.74, 6) is 0.0563. The van der Waals surface area contributed by atoms with Gasteiger partial charge >= 0.3 is 0 Å². The van der Waals surface area contributed by atoms with Crippen LogP contribution in [0.25, 0.3) is 5.65 Å². The van der Waals surface area contributed by atoms with Crippen LogP contribution in [0.1, 0.15) is 29.8 Å². The molecule has 5 nitrogen and oxygen atoms in total. The van der Waals surface area contributed by atoms with Crippen LogP contribution >= 0.6 is 0 Å². The lowest BCUT2D eigenvalue weighted by molar-refractivity contribution is 0.0715. The maximum atomic E-state index is 12.3. The molecule has 0 aromatic carbocycles. The number of carbonyl (C=O) groups is 1. The van der Waals surface area contributed by atoms with Gasteiger partial charge in [-0.3, -0.25) is 4.79 Å². The molecule has 0 spiro atoms. The van der Waals surface area contributed by atoms with Gasteiger partial charge in [-0.2, -0.15) is 5.10 Å². The molecule has 0 radical (unpaired) electrons. The smallest absolute Gasteiger partial charge is 0.272 e. The fourth-order valence-electron chi connectivity index (χ4n) is 2.26. The van der Waals surface area contributed by atoms with Gasteiger partial charge in [-0.15, -0.1) is 0 Å². The highest BCUT2D eigenvalue weighted by Gasteiger charge is 2.20. The summed E-state index contributed by atoms with van der Waals surface area (Å²) in [6.45, 7) is 1.70. The summed E-state index contributed by atoms with van der Waals surface area (Å²) in [6.07, 6.45) is 6.74. The third kappa shape index (κ3) is 1.77. The highest BCUT2D eigenvalue weighted by atomic mass is 16.2. The van der Waals surface area contributed by atoms with Crippen LogP contribution in [-0.4, -0.2) is 38.5 Å². The van der Waals surface area contributed by atoms with E-state index in [1.807, 2.05) is 4.90 Å². The Morgan fingerprint density at radius 3 is 2.76 bits per heavy atom. The average Bonchev–Trinajstić information content (AvgIpc) is 2.87. The van der Waals surface area contributed by atoms with E-state index in [1.165, 1.54) is 6.42 Å². The predicted octanol–water partition coefficient (Wildman–Crippen LogP) is 1.36. The zero-order valence-electron chi connectivity index (χ0n) is 9.54. The van der Waals surface area contributed by atoms with E-state index in [-0.39, 0.29) is 5.91 Å². The molecule has 3 heterocycles. The first-order chi connectivity index (χ1) is 8.36. The number of nitrogens with zero attached hydrogens (tertiary/aromatic N) is 4. The second kappa shape index (κ2) is 4.16. The Kier molecular flexibility index (Phi) is 2.51. The first-order valence-corrected chi connectivity index (χ1v) is 5.94. The van der Waals surface area contributed by atoms with Gasteiger partial charge in [-0.1, -0.05) is 0 Å². The molecular weight excluding hydrogens is 216 g/mol. The van der Waals surface area contributed by atoms with Gasteiger partial charge in [-0.25, -0.2) is 9.50 Å². The number of carbonyl (C=O) groups excluding carboxylic acids is 1. The van der Waals surface area contributed by atoms with E-state index in [4.69, 9.17) is 0 Å². The van der Waals surface area contributed by atoms with Crippen molar-refractivity contribution >= 4 is 11.6 Å². The van der Waals surface area contributed by atoms with Gasteiger partial charge < -0.3 is 4.90 Å². The quantitative estimate of drug-likeness (QED) is 0.743. The van der Waals surface area contributed by atoms with Crippen LogP contribution in [-0.2, 0) is 0 Å². The zero-order valence-corrected chi connectivity index (χ0v) is 9.54. The van der Waals surface area contributed by atoms with Crippen LogP contribution in [0.2, 0.25) is 0 Å². The van der Waals surface area contributed by atoms with Crippen molar-refractivity contribution in [2.24, 2.45) is 0 Å². The topological polar surface area (TPSA) is 50.5 Å². The number of aromatic nitrogens is 3. The molecule has 0 bridgehead atoms. The fraction of sp³-hybridized carbons (Fsp3) is 0.417. The van der Waals surface area contributed by atoms with Crippen molar-refractivity contribution in [1.29, 1.82) is 0 Å². The number of amides is 1. The zero-order chi connectivity index (χ0) is 11.7. The van der Waals surface area contributed by atoms with Gasteiger partial charge in [0.15, 0.2) is 5.65 Å². The van der Waals surface area contributed by atoms with Crippen molar-refractivity contribution in [1.82, 2.24) is 19.5 Å². The van der Waals surface area contributed by atoms with E-state index in [0.29, 0.717) is 11.3 Å². The summed E-state index contributed by atoms with van der Waals surface area (Å²) in [5.41, 5.74) is 1.31. The number of likely N-dealkylation sites (tertiary alicyclic amines) is 1. The van der Waals surface area contributed by atoms with Crippen LogP contribution in [0, 0.1) is 0 Å². The molecule has 0 saturated carbocycles. The van der Waals surface area contributed by atoms with Gasteiger partial charge in [0.1, 0.15) is 5.69 Å². The van der Waals surface area contributed by atoms with Crippen molar-refractivity contribution in [2.45, 2.75) is 19.3 Å². The summed E-state index contributed by atoms with van der Waals surface area (Å²) in [7, 11) is 0. The summed E-state index contributed by atoms with van der Waals surface area (Å²) in [6, 6.07) is 3.53. The van der Waals surface area contributed by atoms with Crippen LogP contribution in [0.15, 0.2) is 24.5 Å². The van der Waals surface area contributed by atoms with Crippen LogP contribution in [0.4, 0.5) is 0 Å². The standard InChI is InChI=1S/C12H14N4O/c17-12(15-8-2-1-3-9-15)10-4-6-13-11-5-7-14-16(10)11/h4-7H,1-3,8-9H2. The number of hydrogen-bond donors (Lipinski definition) is 0. The molecule has 2 aromatic rings. The van der Waals surface area contributed by atoms with E-state index in [2.05, 4.69) is 10.1 Å². The van der Waals surface area contributed by atoms with E-state index in [1.54, 1.807) is 29.0 Å². The van der Waals surface area contributed by atoms with E-state index in [0.717, 1.165) is 25.9 Å². The minimum Gasteiger partial charge on any atom is -0.337 e. The van der Waals surface area contributed by atoms with Crippen molar-refractivity contribution in [3.63, 3.8) is 0 Å². The molecule has 0 aliphatic carbocycles. The lowest BCUT2D eigenvalue weighted by Gasteiger charge is -2.26. The number of hydrogen-bond acceptors (Lipinski definition) is 3. The van der Waals surface area contributed by atoms with E-state index >= 15 is 0 Å². The molecule has 2 aromatic heterocycles. The lowest BCUT2D eigenvalue weighted by Crippen LogP contribution is -2.36. The number of piperidine rings is 1. The maximum Gasteiger partial charge on any atom is 0.272 e. The third-order valence-electron chi connectivity index (χ3n) is 3.15. The molecule has 1 amide bonds. The summed E-state index contributed by atoms with van der Waals surface area (Å²) < 4.78 is 1.61. The van der Waals surface area contributed by atoms with Gasteiger partial charge in [0.25, 0.3) is 5.91 Å². The Balaban J connectivity index is 1.97. The van der Waals surface area contributed by atoms with Crippen LogP contribution in [0.3, 0.4) is 0 Å². The molecular formula is C12H14N4O. The molecule has 0 atom stereocenters. The Morgan fingerprint density at radius 1 is 1.12 bits per heavy atom. The van der Waals surface area contributed by atoms with E-state index < -0.39 is 0 Å². The Morgan fingerprint density at radius 2 is 1.94 bits per heavy atom. The minimum absolute atomic E-state index is 0.0563. The van der Waals surface area contributed by atoms with Gasteiger partial charge in [0.2, 0.25) is 0 Å². The summed E-state index contributed by atoms with van der Waals surface area (Å²) in [4.78, 5) is 18.4. The third-order valence-corrected chi connectivity index (χ3v) is 3.15. The Hall–Kier alpha value is -1.91. The minimum atomic E-state index is 0.0563. The molecule has 88 valence electrons. The normalized spacial score (nSPS) is 16.4. The van der Waals surface area contributed by atoms with E-state index in [9.17, 15) is 4.79 Å². The van der Waals surface area contributed by atoms with Crippen molar-refractivity contribution in [3.8, 4) is 0 Å². The highest BCUT2D eigenvalue weighted by Crippen LogP contribution is 2.13. The summed E-state index contributed by atoms with van der Waals surface area (Å²) >= 11 is 0. The largest absolute Gasteiger partial charge is 0.337 e. The molecule has 1 fully saturated rings. The fourth-order valence-corrected chi connectivity index (χ4v) is 2.26. The van der Waals surface area contributed by atoms with Gasteiger partial charge in [-0.05, 0) is 25.3 Å². The van der Waals surface area contributed by atoms with Gasteiger partial charge in [0.05, 0.1) is 6.20 Å². The van der Waals surface area contributed by atoms with Crippen molar-refractivity contribution < 1.29 is 4.79 Å². The second-order valence-corrected chi connectivity index (χ2v) is 4.28. The second-order valence-electron chi connectivity index (χ2n) is 4.28. The van der Waals surface area contributed by atoms with Gasteiger partial charge in [0, 0.05) is 25.4 Å². The molecule has 17 heavy (non-hydrogen) atoms. The maximum absolute atomic E-state index is 12.3.